The molecule has 0 aromatic rings. The monoisotopic (exact) mass is 335 g/mol. The molecule has 0 amide bonds. The summed E-state index contributed by atoms with van der Waals surface area (Å²) in [6.07, 6.45) is 12.0. The molecule has 0 fully saturated rings. The van der Waals surface area contributed by atoms with Gasteiger partial charge in [0.15, 0.2) is 0 Å². The van der Waals surface area contributed by atoms with Crippen molar-refractivity contribution in [1.82, 2.24) is 0 Å². The van der Waals surface area contributed by atoms with E-state index in [4.69, 9.17) is 0 Å². The molecular weight excluding hydrogens is 315 g/mol. The summed E-state index contributed by atoms with van der Waals surface area (Å²) < 4.78 is 3.75. The third-order valence-electron chi connectivity index (χ3n) is 3.56. The van der Waals surface area contributed by atoms with Gasteiger partial charge in [-0.15, -0.1) is 0 Å². The van der Waals surface area contributed by atoms with Gasteiger partial charge >= 0.3 is 107 Å². The largest absolute Gasteiger partial charge is 1.00 e. The number of allylic oxidation sites excluding steroid dienone is 8. The Morgan fingerprint density at radius 1 is 0.889 bits per heavy atom. The Bertz CT molecular complexity index is 384. The van der Waals surface area contributed by atoms with Crippen LogP contribution in [0.4, 0.5) is 0 Å². The zero-order chi connectivity index (χ0) is 11.7. The fraction of sp³-hybridized carbons (Fsp3) is 0.429. The SMILES string of the molecule is CC1=[C]([Ti+2]([C]2=C(C)C=CC2)[SiH](C)C)CC=C1.[Cl-].[Cl-]. The van der Waals surface area contributed by atoms with Crippen LogP contribution >= 0.6 is 0 Å². The Morgan fingerprint density at radius 2 is 1.28 bits per heavy atom. The molecule has 99 valence electrons. The molecule has 0 saturated heterocycles. The van der Waals surface area contributed by atoms with Crippen LogP contribution < -0.4 is 24.8 Å². The van der Waals surface area contributed by atoms with Crippen molar-refractivity contribution in [2.75, 3.05) is 0 Å². The van der Waals surface area contributed by atoms with E-state index in [0.29, 0.717) is 0 Å². The van der Waals surface area contributed by atoms with Crippen LogP contribution in [0.2, 0.25) is 13.1 Å². The molecule has 0 aromatic carbocycles. The van der Waals surface area contributed by atoms with Gasteiger partial charge in [-0.05, 0) is 0 Å². The van der Waals surface area contributed by atoms with Gasteiger partial charge in [0, 0.05) is 0 Å². The molecule has 0 unspecified atom stereocenters. The molecule has 0 bridgehead atoms. The average molecular weight is 336 g/mol. The topological polar surface area (TPSA) is 0 Å². The van der Waals surface area contributed by atoms with Gasteiger partial charge in [-0.3, -0.25) is 0 Å². The van der Waals surface area contributed by atoms with Crippen LogP contribution in [0, 0.1) is 0 Å². The molecule has 0 atom stereocenters. The van der Waals surface area contributed by atoms with Gasteiger partial charge < -0.3 is 24.8 Å². The third-order valence-corrected chi connectivity index (χ3v) is 16.9. The van der Waals surface area contributed by atoms with E-state index in [2.05, 4.69) is 51.2 Å². The van der Waals surface area contributed by atoms with E-state index in [1.165, 1.54) is 12.8 Å². The molecule has 2 aliphatic carbocycles. The first-order chi connectivity index (χ1) is 7.61. The summed E-state index contributed by atoms with van der Waals surface area (Å²) in [6, 6.07) is 0. The van der Waals surface area contributed by atoms with Crippen LogP contribution in [0.15, 0.2) is 43.2 Å². The predicted octanol–water partition coefficient (Wildman–Crippen LogP) is -1.94. The summed E-state index contributed by atoms with van der Waals surface area (Å²) in [4.78, 5) is 0. The molecule has 2 aliphatic rings. The minimum absolute atomic E-state index is 0. The third kappa shape index (κ3) is 3.74. The van der Waals surface area contributed by atoms with Gasteiger partial charge in [-0.25, -0.2) is 0 Å². The number of halogens is 2. The molecule has 0 nitrogen and oxygen atoms in total. The normalized spacial score (nSPS) is 17.4. The molecule has 0 spiro atoms. The number of hydrogen-bond donors (Lipinski definition) is 0. The van der Waals surface area contributed by atoms with E-state index in [-0.39, 0.29) is 24.8 Å². The van der Waals surface area contributed by atoms with Gasteiger partial charge in [0.2, 0.25) is 0 Å². The van der Waals surface area contributed by atoms with E-state index in [9.17, 15) is 0 Å². The molecule has 0 heterocycles. The summed E-state index contributed by atoms with van der Waals surface area (Å²) in [5.74, 6) is 0. The zero-order valence-corrected chi connectivity index (χ0v) is 15.8. The maximum absolute atomic E-state index is 2.56. The van der Waals surface area contributed by atoms with Gasteiger partial charge in [-0.1, -0.05) is 0 Å². The van der Waals surface area contributed by atoms with Crippen molar-refractivity contribution >= 4 is 6.66 Å². The molecule has 0 radical (unpaired) electrons. The fourth-order valence-electron chi connectivity index (χ4n) is 2.75. The first-order valence-electron chi connectivity index (χ1n) is 6.21. The summed E-state index contributed by atoms with van der Waals surface area (Å²) >= 11 is -1.06. The molecule has 18 heavy (non-hydrogen) atoms. The van der Waals surface area contributed by atoms with E-state index >= 15 is 0 Å². The first kappa shape index (κ1) is 18.5. The zero-order valence-electron chi connectivity index (χ0n) is 11.6. The van der Waals surface area contributed by atoms with Gasteiger partial charge in [-0.2, -0.15) is 0 Å². The summed E-state index contributed by atoms with van der Waals surface area (Å²) in [6.45, 7) is 9.27. The molecule has 0 aromatic heterocycles. The van der Waals surface area contributed by atoms with Crippen molar-refractivity contribution in [3.8, 4) is 0 Å². The average Bonchev–Trinajstić information content (AvgIpc) is 2.79. The van der Waals surface area contributed by atoms with Crippen LogP contribution in [0.3, 0.4) is 0 Å². The standard InChI is InChI=1S/2C6H7.C2H7Si.2ClH.Ti/c2*1-6-4-2-3-5-6;1-3-2;;;/h2*2,4H,3H2,1H3;3H,1-2H3;2*1H;/q;;;;;+2/p-2. The molecule has 4 heteroatoms. The van der Waals surface area contributed by atoms with E-state index < -0.39 is 23.8 Å². The summed E-state index contributed by atoms with van der Waals surface area (Å²) in [5, 5.41) is 0. The molecule has 0 aliphatic heterocycles. The van der Waals surface area contributed by atoms with Crippen molar-refractivity contribution in [3.63, 3.8) is 0 Å². The maximum atomic E-state index is 2.56. The van der Waals surface area contributed by atoms with Crippen molar-refractivity contribution in [1.29, 1.82) is 0 Å². The van der Waals surface area contributed by atoms with Crippen LogP contribution in [0.5, 0.6) is 0 Å². The van der Waals surface area contributed by atoms with Gasteiger partial charge in [0.25, 0.3) is 0 Å². The maximum Gasteiger partial charge on any atom is -1.00 e. The second-order valence-electron chi connectivity index (χ2n) is 5.10. The van der Waals surface area contributed by atoms with Gasteiger partial charge in [0.05, 0.1) is 0 Å². The number of hydrogen-bond acceptors (Lipinski definition) is 0. The van der Waals surface area contributed by atoms with Crippen molar-refractivity contribution in [3.05, 3.63) is 43.2 Å². The summed E-state index contributed by atoms with van der Waals surface area (Å²) in [7, 11) is 0. The molecular formula is C14H21Cl2SiTi. The predicted molar refractivity (Wildman–Crippen MR) is 71.8 cm³/mol. The van der Waals surface area contributed by atoms with Crippen LogP contribution in [-0.4, -0.2) is 6.66 Å². The van der Waals surface area contributed by atoms with Crippen molar-refractivity contribution in [2.45, 2.75) is 39.8 Å². The van der Waals surface area contributed by atoms with Crippen LogP contribution in [0.25, 0.3) is 0 Å². The Hall–Kier alpha value is 0.471. The Labute approximate surface area is 131 Å². The quantitative estimate of drug-likeness (QED) is 0.527. The van der Waals surface area contributed by atoms with Crippen LogP contribution in [-0.2, 0) is 17.1 Å². The Kier molecular flexibility index (Phi) is 8.12. The Balaban J connectivity index is 0.00000144. The Morgan fingerprint density at radius 3 is 1.50 bits per heavy atom. The molecule has 2 rings (SSSR count). The van der Waals surface area contributed by atoms with E-state index in [0.717, 1.165) is 0 Å². The van der Waals surface area contributed by atoms with Crippen molar-refractivity contribution < 1.29 is 41.9 Å². The fourth-order valence-corrected chi connectivity index (χ4v) is 16.7. The molecule has 0 saturated carbocycles. The minimum Gasteiger partial charge on any atom is -1.00 e. The van der Waals surface area contributed by atoms with E-state index in [1.54, 1.807) is 11.1 Å². The molecule has 0 N–H and O–H groups in total. The van der Waals surface area contributed by atoms with Gasteiger partial charge in [0.1, 0.15) is 0 Å². The smallest absolute Gasteiger partial charge is 1.00 e. The minimum atomic E-state index is -1.06. The first-order valence-corrected chi connectivity index (χ1v) is 13.4. The number of rotatable bonds is 3. The van der Waals surface area contributed by atoms with E-state index in [1.807, 2.05) is 7.76 Å². The second kappa shape index (κ2) is 7.92. The van der Waals surface area contributed by atoms with Crippen LogP contribution in [0.1, 0.15) is 26.7 Å². The van der Waals surface area contributed by atoms with Crippen molar-refractivity contribution in [2.24, 2.45) is 0 Å². The second-order valence-corrected chi connectivity index (χ2v) is 18.4. The summed E-state index contributed by atoms with van der Waals surface area (Å²) in [5.41, 5.74) is 3.20.